The summed E-state index contributed by atoms with van der Waals surface area (Å²) in [4.78, 5) is 8.76. The van der Waals surface area contributed by atoms with Crippen molar-refractivity contribution >= 4 is 11.7 Å². The van der Waals surface area contributed by atoms with Crippen LogP contribution in [-0.4, -0.2) is 15.7 Å². The summed E-state index contributed by atoms with van der Waals surface area (Å²) in [6.07, 6.45) is 0. The van der Waals surface area contributed by atoms with E-state index in [1.165, 1.54) is 11.1 Å². The molecule has 0 aliphatic carbocycles. The van der Waals surface area contributed by atoms with Gasteiger partial charge in [-0.15, -0.1) is 0 Å². The quantitative estimate of drug-likeness (QED) is 0.544. The highest BCUT2D eigenvalue weighted by molar-refractivity contribution is 5.92. The summed E-state index contributed by atoms with van der Waals surface area (Å²) in [5, 5.41) is 4.57. The minimum atomic E-state index is 0.0841. The predicted molar refractivity (Wildman–Crippen MR) is 103 cm³/mol. The number of hydrogen-bond donors (Lipinski definition) is 1. The van der Waals surface area contributed by atoms with Crippen LogP contribution in [-0.2, 0) is 0 Å². The van der Waals surface area contributed by atoms with E-state index in [4.69, 9.17) is 0 Å². The average molecular weight is 330 g/mol. The van der Waals surface area contributed by atoms with Gasteiger partial charge in [0.1, 0.15) is 0 Å². The largest absolute Gasteiger partial charge is 0.245 e. The van der Waals surface area contributed by atoms with Crippen LogP contribution in [0.25, 0.3) is 0 Å². The fourth-order valence-corrected chi connectivity index (χ4v) is 2.94. The van der Waals surface area contributed by atoms with Crippen molar-refractivity contribution in [3.8, 4) is 0 Å². The van der Waals surface area contributed by atoms with Gasteiger partial charge in [-0.2, -0.15) is 5.10 Å². The van der Waals surface area contributed by atoms with Crippen LogP contribution in [0.15, 0.2) is 71.8 Å². The van der Waals surface area contributed by atoms with Gasteiger partial charge in [0.05, 0.1) is 0 Å². The third-order valence-electron chi connectivity index (χ3n) is 4.00. The number of anilines is 1. The van der Waals surface area contributed by atoms with Gasteiger partial charge in [-0.05, 0) is 38.0 Å². The van der Waals surface area contributed by atoms with Crippen molar-refractivity contribution in [1.29, 1.82) is 0 Å². The smallest absolute Gasteiger partial charge is 0.243 e. The van der Waals surface area contributed by atoms with E-state index in [0.717, 1.165) is 17.1 Å². The van der Waals surface area contributed by atoms with Crippen molar-refractivity contribution < 1.29 is 0 Å². The van der Waals surface area contributed by atoms with Crippen molar-refractivity contribution in [2.45, 2.75) is 26.7 Å². The summed E-state index contributed by atoms with van der Waals surface area (Å²) >= 11 is 0. The third-order valence-corrected chi connectivity index (χ3v) is 4.00. The molecule has 0 fully saturated rings. The molecule has 1 aromatic heterocycles. The van der Waals surface area contributed by atoms with Gasteiger partial charge in [0.15, 0.2) is 0 Å². The Hall–Kier alpha value is -3.01. The Bertz CT molecular complexity index is 798. The van der Waals surface area contributed by atoms with E-state index >= 15 is 0 Å². The first-order valence-corrected chi connectivity index (χ1v) is 8.36. The average Bonchev–Trinajstić information content (AvgIpc) is 2.61. The molecule has 0 saturated heterocycles. The molecular formula is C21H22N4. The lowest BCUT2D eigenvalue weighted by Gasteiger charge is -2.18. The first-order valence-electron chi connectivity index (χ1n) is 8.36. The minimum absolute atomic E-state index is 0.0841. The number of benzene rings is 2. The summed E-state index contributed by atoms with van der Waals surface area (Å²) in [5.41, 5.74) is 8.23. The fraction of sp³-hybridized carbons (Fsp3) is 0.190. The van der Waals surface area contributed by atoms with Crippen LogP contribution in [0.1, 0.15) is 35.4 Å². The molecule has 4 nitrogen and oxygen atoms in total. The van der Waals surface area contributed by atoms with Gasteiger partial charge in [0.25, 0.3) is 0 Å². The lowest BCUT2D eigenvalue weighted by Crippen LogP contribution is -2.13. The molecule has 4 heteroatoms. The summed E-state index contributed by atoms with van der Waals surface area (Å²) in [5.74, 6) is 0.609. The number of hydrazone groups is 1. The van der Waals surface area contributed by atoms with Crippen LogP contribution < -0.4 is 5.43 Å². The molecule has 0 bridgehead atoms. The number of hydrogen-bond acceptors (Lipinski definition) is 4. The molecule has 25 heavy (non-hydrogen) atoms. The molecule has 1 N–H and O–H groups in total. The van der Waals surface area contributed by atoms with E-state index in [1.54, 1.807) is 0 Å². The molecule has 0 saturated carbocycles. The maximum atomic E-state index is 4.57. The molecule has 1 heterocycles. The van der Waals surface area contributed by atoms with Crippen LogP contribution in [0.2, 0.25) is 0 Å². The molecule has 0 aliphatic rings. The van der Waals surface area contributed by atoms with E-state index in [9.17, 15) is 0 Å². The fourth-order valence-electron chi connectivity index (χ4n) is 2.94. The van der Waals surface area contributed by atoms with Crippen molar-refractivity contribution in [2.75, 3.05) is 5.43 Å². The first kappa shape index (κ1) is 16.8. The Morgan fingerprint density at radius 1 is 0.840 bits per heavy atom. The predicted octanol–water partition coefficient (Wildman–Crippen LogP) is 4.71. The lowest BCUT2D eigenvalue weighted by molar-refractivity contribution is 1.01. The minimum Gasteiger partial charge on any atom is -0.245 e. The molecule has 2 aromatic carbocycles. The second-order valence-electron chi connectivity index (χ2n) is 6.09. The highest BCUT2D eigenvalue weighted by atomic mass is 15.4. The summed E-state index contributed by atoms with van der Waals surface area (Å²) in [6.45, 7) is 5.93. The SMILES string of the molecule is C/C(=N/Nc1nc(C)cc(C)n1)C(c1ccccc1)c1ccccc1. The van der Waals surface area contributed by atoms with Gasteiger partial charge >= 0.3 is 0 Å². The molecule has 0 amide bonds. The number of aromatic nitrogens is 2. The van der Waals surface area contributed by atoms with E-state index < -0.39 is 0 Å². The Labute approximate surface area is 148 Å². The molecule has 0 radical (unpaired) electrons. The highest BCUT2D eigenvalue weighted by Crippen LogP contribution is 2.26. The van der Waals surface area contributed by atoms with E-state index in [0.29, 0.717) is 5.95 Å². The zero-order valence-corrected chi connectivity index (χ0v) is 14.8. The third kappa shape index (κ3) is 4.29. The molecule has 0 aliphatic heterocycles. The van der Waals surface area contributed by atoms with E-state index in [-0.39, 0.29) is 5.92 Å². The van der Waals surface area contributed by atoms with Crippen LogP contribution in [0, 0.1) is 13.8 Å². The van der Waals surface area contributed by atoms with Crippen LogP contribution >= 0.6 is 0 Å². The second kappa shape index (κ2) is 7.71. The highest BCUT2D eigenvalue weighted by Gasteiger charge is 2.17. The summed E-state index contributed by atoms with van der Waals surface area (Å²) < 4.78 is 0. The number of rotatable bonds is 5. The maximum Gasteiger partial charge on any atom is 0.243 e. The van der Waals surface area contributed by atoms with Gasteiger partial charge < -0.3 is 0 Å². The van der Waals surface area contributed by atoms with E-state index in [1.807, 2.05) is 39.0 Å². The number of aryl methyl sites for hydroxylation is 2. The van der Waals surface area contributed by atoms with E-state index in [2.05, 4.69) is 69.0 Å². The molecular weight excluding hydrogens is 308 g/mol. The summed E-state index contributed by atoms with van der Waals surface area (Å²) in [7, 11) is 0. The monoisotopic (exact) mass is 330 g/mol. The molecule has 3 aromatic rings. The van der Waals surface area contributed by atoms with Crippen molar-refractivity contribution in [3.05, 3.63) is 89.2 Å². The Balaban J connectivity index is 1.92. The lowest BCUT2D eigenvalue weighted by atomic mass is 9.88. The molecule has 126 valence electrons. The van der Waals surface area contributed by atoms with Crippen LogP contribution in [0.3, 0.4) is 0 Å². The molecule has 0 unspecified atom stereocenters. The molecule has 0 atom stereocenters. The van der Waals surface area contributed by atoms with Gasteiger partial charge in [0, 0.05) is 23.0 Å². The van der Waals surface area contributed by atoms with Crippen LogP contribution in [0.5, 0.6) is 0 Å². The van der Waals surface area contributed by atoms with Crippen LogP contribution in [0.4, 0.5) is 5.95 Å². The zero-order chi connectivity index (χ0) is 17.6. The van der Waals surface area contributed by atoms with Crippen molar-refractivity contribution in [1.82, 2.24) is 9.97 Å². The number of nitrogens with zero attached hydrogens (tertiary/aromatic N) is 3. The second-order valence-corrected chi connectivity index (χ2v) is 6.09. The topological polar surface area (TPSA) is 50.2 Å². The Morgan fingerprint density at radius 2 is 1.32 bits per heavy atom. The van der Waals surface area contributed by atoms with Crippen molar-refractivity contribution in [2.24, 2.45) is 5.10 Å². The van der Waals surface area contributed by atoms with Gasteiger partial charge in [0.2, 0.25) is 5.95 Å². The maximum absolute atomic E-state index is 4.57. The zero-order valence-electron chi connectivity index (χ0n) is 14.8. The van der Waals surface area contributed by atoms with Gasteiger partial charge in [-0.3, -0.25) is 0 Å². The van der Waals surface area contributed by atoms with Gasteiger partial charge in [-0.1, -0.05) is 60.7 Å². The standard InChI is InChI=1S/C21H22N4/c1-15-14-16(2)23-21(22-15)25-24-17(3)20(18-10-6-4-7-11-18)19-12-8-5-9-13-19/h4-14,20H,1-3H3,(H,22,23,25)/b24-17-. The Morgan fingerprint density at radius 3 is 1.80 bits per heavy atom. The molecule has 0 spiro atoms. The number of nitrogens with one attached hydrogen (secondary N) is 1. The first-order chi connectivity index (χ1) is 12.1. The normalized spacial score (nSPS) is 11.6. The Kier molecular flexibility index (Phi) is 5.19. The van der Waals surface area contributed by atoms with Crippen molar-refractivity contribution in [3.63, 3.8) is 0 Å². The summed E-state index contributed by atoms with van der Waals surface area (Å²) in [6, 6.07) is 22.7. The van der Waals surface area contributed by atoms with Gasteiger partial charge in [-0.25, -0.2) is 15.4 Å². The molecule has 3 rings (SSSR count).